The summed E-state index contributed by atoms with van der Waals surface area (Å²) in [6, 6.07) is 2.87. The maximum atomic E-state index is 13.5. The van der Waals surface area contributed by atoms with Gasteiger partial charge in [-0.1, -0.05) is 12.8 Å². The molecule has 146 valence electrons. The molecule has 0 bridgehead atoms. The number of halogens is 3. The van der Waals surface area contributed by atoms with Crippen LogP contribution in [-0.4, -0.2) is 44.6 Å². The first-order valence-corrected chi connectivity index (χ1v) is 9.39. The Balaban J connectivity index is 1.50. The van der Waals surface area contributed by atoms with Crippen LogP contribution in [0.1, 0.15) is 50.4 Å². The molecule has 0 atom stereocenters. The molecule has 0 radical (unpaired) electrons. The highest BCUT2D eigenvalue weighted by Crippen LogP contribution is 2.36. The Kier molecular flexibility index (Phi) is 4.69. The monoisotopic (exact) mass is 381 g/mol. The highest BCUT2D eigenvalue weighted by molar-refractivity contribution is 5.75. The molecular formula is C18H22F3N5O. The molecule has 1 N–H and O–H groups in total. The lowest BCUT2D eigenvalue weighted by molar-refractivity contribution is -0.147. The molecule has 6 nitrogen and oxygen atoms in total. The smallest absolute Gasteiger partial charge is 0.335 e. The third-order valence-electron chi connectivity index (χ3n) is 5.50. The van der Waals surface area contributed by atoms with Crippen molar-refractivity contribution >= 4 is 17.2 Å². The zero-order chi connectivity index (χ0) is 19.0. The molecule has 0 aromatic carbocycles. The number of nitrogens with one attached hydrogen (secondary N) is 1. The topological polar surface area (TPSA) is 63.1 Å². The van der Waals surface area contributed by atoms with E-state index in [4.69, 9.17) is 0 Å². The molecule has 1 saturated heterocycles. The van der Waals surface area contributed by atoms with Gasteiger partial charge in [0.15, 0.2) is 5.65 Å². The number of fused-ring (bicyclic) bond motifs is 1. The summed E-state index contributed by atoms with van der Waals surface area (Å²) in [4.78, 5) is 22.0. The number of imidazole rings is 1. The molecule has 2 fully saturated rings. The summed E-state index contributed by atoms with van der Waals surface area (Å²) < 4.78 is 41.7. The van der Waals surface area contributed by atoms with E-state index in [1.54, 1.807) is 11.0 Å². The van der Waals surface area contributed by atoms with E-state index in [2.05, 4.69) is 15.3 Å². The third kappa shape index (κ3) is 3.59. The van der Waals surface area contributed by atoms with Crippen LogP contribution in [0.2, 0.25) is 0 Å². The quantitative estimate of drug-likeness (QED) is 0.862. The first-order chi connectivity index (χ1) is 12.9. The molecule has 2 amide bonds. The highest BCUT2D eigenvalue weighted by Gasteiger charge is 2.40. The lowest BCUT2D eigenvalue weighted by atomic mass is 10.0. The maximum absolute atomic E-state index is 13.5. The summed E-state index contributed by atoms with van der Waals surface area (Å²) in [6.45, 7) is 0.847. The largest absolute Gasteiger partial charge is 0.449 e. The first kappa shape index (κ1) is 18.1. The van der Waals surface area contributed by atoms with Crippen molar-refractivity contribution in [3.63, 3.8) is 0 Å². The van der Waals surface area contributed by atoms with Crippen LogP contribution >= 0.6 is 0 Å². The standard InChI is InChI=1S/C18H22F3N5O/c19-18(20,21)16-24-14-6-3-9-22-15(14)26(16)13-7-10-25(11-8-13)17(27)23-12-4-1-2-5-12/h3,6,9,12-13H,1-2,4-5,7-8,10-11H2,(H,23,27). The lowest BCUT2D eigenvalue weighted by Crippen LogP contribution is -2.47. The predicted molar refractivity (Wildman–Crippen MR) is 93.2 cm³/mol. The van der Waals surface area contributed by atoms with Crippen molar-refractivity contribution in [1.82, 2.24) is 24.8 Å². The number of pyridine rings is 1. The average Bonchev–Trinajstić information content (AvgIpc) is 3.28. The van der Waals surface area contributed by atoms with Crippen molar-refractivity contribution in [3.05, 3.63) is 24.2 Å². The van der Waals surface area contributed by atoms with E-state index in [-0.39, 0.29) is 29.3 Å². The van der Waals surface area contributed by atoms with Gasteiger partial charge in [0.1, 0.15) is 5.52 Å². The summed E-state index contributed by atoms with van der Waals surface area (Å²) in [5, 5.41) is 3.04. The van der Waals surface area contributed by atoms with E-state index in [0.29, 0.717) is 25.9 Å². The maximum Gasteiger partial charge on any atom is 0.449 e. The molecule has 1 aliphatic heterocycles. The predicted octanol–water partition coefficient (Wildman–Crippen LogP) is 3.74. The van der Waals surface area contributed by atoms with Gasteiger partial charge in [-0.3, -0.25) is 0 Å². The molecule has 1 aliphatic carbocycles. The molecule has 0 unspecified atom stereocenters. The van der Waals surface area contributed by atoms with Gasteiger partial charge < -0.3 is 14.8 Å². The number of piperidine rings is 1. The molecule has 3 heterocycles. The molecule has 1 saturated carbocycles. The lowest BCUT2D eigenvalue weighted by Gasteiger charge is -2.34. The van der Waals surface area contributed by atoms with Crippen LogP contribution in [0.25, 0.3) is 11.2 Å². The fourth-order valence-corrected chi connectivity index (χ4v) is 4.14. The van der Waals surface area contributed by atoms with Crippen LogP contribution in [0.4, 0.5) is 18.0 Å². The number of carbonyl (C=O) groups excluding carboxylic acids is 1. The molecule has 4 rings (SSSR count). The number of nitrogens with zero attached hydrogens (tertiary/aromatic N) is 4. The van der Waals surface area contributed by atoms with Crippen molar-refractivity contribution in [1.29, 1.82) is 0 Å². The second kappa shape index (κ2) is 7.01. The van der Waals surface area contributed by atoms with Crippen LogP contribution in [-0.2, 0) is 6.18 Å². The molecule has 9 heteroatoms. The van der Waals surface area contributed by atoms with Crippen LogP contribution in [0.5, 0.6) is 0 Å². The van der Waals surface area contributed by atoms with E-state index >= 15 is 0 Å². The molecule has 27 heavy (non-hydrogen) atoms. The third-order valence-corrected chi connectivity index (χ3v) is 5.50. The number of amides is 2. The molecule has 2 aromatic heterocycles. The number of urea groups is 1. The molecule has 0 spiro atoms. The Bertz CT molecular complexity index is 820. The zero-order valence-electron chi connectivity index (χ0n) is 14.9. The molecule has 2 aromatic rings. The Hall–Kier alpha value is -2.32. The van der Waals surface area contributed by atoms with Crippen LogP contribution in [0.3, 0.4) is 0 Å². The average molecular weight is 381 g/mol. The summed E-state index contributed by atoms with van der Waals surface area (Å²) in [6.07, 6.45) is 2.10. The van der Waals surface area contributed by atoms with Gasteiger partial charge in [-0.05, 0) is 37.8 Å². The van der Waals surface area contributed by atoms with Gasteiger partial charge in [0.05, 0.1) is 0 Å². The van der Waals surface area contributed by atoms with Crippen LogP contribution in [0, 0.1) is 0 Å². The SMILES string of the molecule is O=C(NC1CCCC1)N1CCC(n2c(C(F)(F)F)nc3cccnc32)CC1. The van der Waals surface area contributed by atoms with E-state index in [1.165, 1.54) is 16.8 Å². The van der Waals surface area contributed by atoms with E-state index < -0.39 is 12.0 Å². The van der Waals surface area contributed by atoms with E-state index in [0.717, 1.165) is 25.7 Å². The summed E-state index contributed by atoms with van der Waals surface area (Å²) >= 11 is 0. The number of likely N-dealkylation sites (tertiary alicyclic amines) is 1. The summed E-state index contributed by atoms with van der Waals surface area (Å²) in [7, 11) is 0. The molecular weight excluding hydrogens is 359 g/mol. The van der Waals surface area contributed by atoms with Gasteiger partial charge in [-0.25, -0.2) is 14.8 Å². The number of hydrogen-bond acceptors (Lipinski definition) is 3. The Morgan fingerprint density at radius 1 is 1.15 bits per heavy atom. The second-order valence-electron chi connectivity index (χ2n) is 7.30. The van der Waals surface area contributed by atoms with Crippen molar-refractivity contribution in [2.24, 2.45) is 0 Å². The van der Waals surface area contributed by atoms with Crippen LogP contribution in [0.15, 0.2) is 18.3 Å². The number of rotatable bonds is 2. The van der Waals surface area contributed by atoms with Crippen molar-refractivity contribution in [2.45, 2.75) is 56.8 Å². The Morgan fingerprint density at radius 3 is 2.52 bits per heavy atom. The van der Waals surface area contributed by atoms with Crippen molar-refractivity contribution in [3.8, 4) is 0 Å². The van der Waals surface area contributed by atoms with E-state index in [9.17, 15) is 18.0 Å². The fraction of sp³-hybridized carbons (Fsp3) is 0.611. The second-order valence-corrected chi connectivity index (χ2v) is 7.30. The van der Waals surface area contributed by atoms with Gasteiger partial charge in [-0.2, -0.15) is 13.2 Å². The highest BCUT2D eigenvalue weighted by atomic mass is 19.4. The van der Waals surface area contributed by atoms with Gasteiger partial charge in [-0.15, -0.1) is 0 Å². The van der Waals surface area contributed by atoms with Crippen molar-refractivity contribution in [2.75, 3.05) is 13.1 Å². The number of hydrogen-bond donors (Lipinski definition) is 1. The van der Waals surface area contributed by atoms with Gasteiger partial charge >= 0.3 is 12.2 Å². The Morgan fingerprint density at radius 2 is 1.85 bits per heavy atom. The number of aromatic nitrogens is 3. The van der Waals surface area contributed by atoms with Crippen LogP contribution < -0.4 is 5.32 Å². The fourth-order valence-electron chi connectivity index (χ4n) is 4.14. The minimum absolute atomic E-state index is 0.106. The van der Waals surface area contributed by atoms with Gasteiger partial charge in [0.2, 0.25) is 5.82 Å². The normalized spacial score (nSPS) is 19.7. The number of carbonyl (C=O) groups is 1. The van der Waals surface area contributed by atoms with Gasteiger partial charge in [0.25, 0.3) is 0 Å². The minimum Gasteiger partial charge on any atom is -0.335 e. The molecule has 2 aliphatic rings. The minimum atomic E-state index is -4.54. The summed E-state index contributed by atoms with van der Waals surface area (Å²) in [5.41, 5.74) is 0.491. The first-order valence-electron chi connectivity index (χ1n) is 9.39. The Labute approximate surface area is 154 Å². The van der Waals surface area contributed by atoms with E-state index in [1.807, 2.05) is 0 Å². The van der Waals surface area contributed by atoms with Gasteiger partial charge in [0, 0.05) is 31.4 Å². The number of alkyl halides is 3. The summed E-state index contributed by atoms with van der Waals surface area (Å²) in [5.74, 6) is -0.912. The zero-order valence-corrected chi connectivity index (χ0v) is 14.9. The van der Waals surface area contributed by atoms with Crippen molar-refractivity contribution < 1.29 is 18.0 Å².